The Morgan fingerprint density at radius 2 is 1.63 bits per heavy atom. The number of carbonyl (C=O) groups excluding carboxylic acids is 1. The molecule has 0 bridgehead atoms. The first-order valence-corrected chi connectivity index (χ1v) is 6.71. The van der Waals surface area contributed by atoms with Gasteiger partial charge in [-0.1, -0.05) is 17.7 Å². The second kappa shape index (κ2) is 5.77. The van der Waals surface area contributed by atoms with Gasteiger partial charge >= 0.3 is 0 Å². The summed E-state index contributed by atoms with van der Waals surface area (Å²) < 4.78 is 21.4. The van der Waals surface area contributed by atoms with Gasteiger partial charge in [-0.3, -0.25) is 9.00 Å². The highest BCUT2D eigenvalue weighted by molar-refractivity contribution is 7.79. The van der Waals surface area contributed by atoms with Crippen LogP contribution in [0.5, 0.6) is 0 Å². The van der Waals surface area contributed by atoms with Gasteiger partial charge in [0.15, 0.2) is 0 Å². The van der Waals surface area contributed by atoms with Crippen molar-refractivity contribution in [3.63, 3.8) is 0 Å². The molecule has 0 radical (unpaired) electrons. The summed E-state index contributed by atoms with van der Waals surface area (Å²) in [5, 5.41) is 2.70. The topological polar surface area (TPSA) is 69.2 Å². The zero-order chi connectivity index (χ0) is 13.8. The molecule has 2 rings (SSSR count). The van der Waals surface area contributed by atoms with Gasteiger partial charge in [0, 0.05) is 16.1 Å². The smallest absolute Gasteiger partial charge is 0.255 e. The maximum Gasteiger partial charge on any atom is 0.255 e. The van der Waals surface area contributed by atoms with Crippen molar-refractivity contribution in [3.05, 3.63) is 59.7 Å². The van der Waals surface area contributed by atoms with Crippen LogP contribution in [-0.2, 0) is 11.1 Å². The van der Waals surface area contributed by atoms with Crippen LogP contribution in [0.15, 0.2) is 53.4 Å². The Morgan fingerprint density at radius 1 is 1.05 bits per heavy atom. The van der Waals surface area contributed by atoms with E-state index in [1.54, 1.807) is 24.3 Å². The molecular weight excluding hydrogens is 262 g/mol. The molecule has 0 saturated carbocycles. The molecule has 5 heteroatoms. The monoisotopic (exact) mass is 274 g/mol. The third-order valence-electron chi connectivity index (χ3n) is 2.62. The van der Waals surface area contributed by atoms with Crippen molar-refractivity contribution in [2.45, 2.75) is 11.8 Å². The lowest BCUT2D eigenvalue weighted by Gasteiger charge is -2.08. The fourth-order valence-electron chi connectivity index (χ4n) is 1.56. The lowest BCUT2D eigenvalue weighted by Crippen LogP contribution is -2.11. The van der Waals surface area contributed by atoms with Crippen LogP contribution >= 0.6 is 0 Å². The second-order valence-corrected chi connectivity index (χ2v) is 5.02. The molecule has 19 heavy (non-hydrogen) atoms. The summed E-state index contributed by atoms with van der Waals surface area (Å²) >= 11 is -2.25. The normalized spacial score (nSPS) is 11.9. The zero-order valence-electron chi connectivity index (χ0n) is 10.3. The summed E-state index contributed by atoms with van der Waals surface area (Å²) in [5.41, 5.74) is 2.20. The van der Waals surface area contributed by atoms with E-state index < -0.39 is 11.1 Å². The van der Waals surface area contributed by atoms with Crippen molar-refractivity contribution in [3.8, 4) is 0 Å². The Hall–Kier alpha value is -1.98. The molecule has 1 N–H and O–H groups in total. The first kappa shape index (κ1) is 13.5. The molecular formula is C14H12NO3S-. The summed E-state index contributed by atoms with van der Waals surface area (Å²) in [5.74, 6) is -0.226. The number of anilines is 1. The Balaban J connectivity index is 2.10. The minimum atomic E-state index is -2.25. The summed E-state index contributed by atoms with van der Waals surface area (Å²) in [6.07, 6.45) is 0. The SMILES string of the molecule is Cc1ccc(C(=O)Nc2ccc(S(=O)[O-])cc2)cc1. The van der Waals surface area contributed by atoms with Gasteiger partial charge in [0.25, 0.3) is 5.91 Å². The molecule has 0 spiro atoms. The Labute approximate surface area is 113 Å². The van der Waals surface area contributed by atoms with E-state index in [0.29, 0.717) is 11.3 Å². The number of rotatable bonds is 3. The second-order valence-electron chi connectivity index (χ2n) is 4.08. The summed E-state index contributed by atoms with van der Waals surface area (Å²) in [6, 6.07) is 13.2. The third-order valence-corrected chi connectivity index (χ3v) is 3.28. The Kier molecular flexibility index (Phi) is 4.09. The molecule has 0 aromatic heterocycles. The molecule has 0 aliphatic carbocycles. The zero-order valence-corrected chi connectivity index (χ0v) is 11.1. The minimum absolute atomic E-state index is 0.188. The van der Waals surface area contributed by atoms with Gasteiger partial charge in [-0.05, 0) is 54.4 Å². The van der Waals surface area contributed by atoms with Crippen molar-refractivity contribution < 1.29 is 13.6 Å². The third kappa shape index (κ3) is 3.49. The van der Waals surface area contributed by atoms with Crippen molar-refractivity contribution in [1.82, 2.24) is 0 Å². The van der Waals surface area contributed by atoms with E-state index in [0.717, 1.165) is 5.56 Å². The summed E-state index contributed by atoms with van der Waals surface area (Å²) in [7, 11) is 0. The highest BCUT2D eigenvalue weighted by atomic mass is 32.2. The van der Waals surface area contributed by atoms with Crippen LogP contribution in [0.25, 0.3) is 0 Å². The van der Waals surface area contributed by atoms with Gasteiger partial charge in [0.2, 0.25) is 0 Å². The van der Waals surface area contributed by atoms with Crippen LogP contribution in [0.1, 0.15) is 15.9 Å². The number of hydrogen-bond donors (Lipinski definition) is 1. The van der Waals surface area contributed by atoms with Gasteiger partial charge in [0.05, 0.1) is 0 Å². The number of hydrogen-bond acceptors (Lipinski definition) is 3. The van der Waals surface area contributed by atoms with Crippen LogP contribution in [-0.4, -0.2) is 14.7 Å². The Bertz CT molecular complexity index is 606. The summed E-state index contributed by atoms with van der Waals surface area (Å²) in [4.78, 5) is 12.1. The van der Waals surface area contributed by atoms with Gasteiger partial charge in [-0.25, -0.2) is 0 Å². The van der Waals surface area contributed by atoms with Crippen LogP contribution in [0.2, 0.25) is 0 Å². The molecule has 4 nitrogen and oxygen atoms in total. The number of amides is 1. The fourth-order valence-corrected chi connectivity index (χ4v) is 1.92. The van der Waals surface area contributed by atoms with Crippen molar-refractivity contribution >= 4 is 22.7 Å². The Morgan fingerprint density at radius 3 is 2.16 bits per heavy atom. The highest BCUT2D eigenvalue weighted by Crippen LogP contribution is 2.13. The van der Waals surface area contributed by atoms with Gasteiger partial charge in [-0.2, -0.15) is 0 Å². The average Bonchev–Trinajstić information content (AvgIpc) is 2.40. The van der Waals surface area contributed by atoms with Crippen molar-refractivity contribution in [2.75, 3.05) is 5.32 Å². The molecule has 1 amide bonds. The number of nitrogens with one attached hydrogen (secondary N) is 1. The quantitative estimate of drug-likeness (QED) is 0.874. The van der Waals surface area contributed by atoms with E-state index in [-0.39, 0.29) is 10.8 Å². The van der Waals surface area contributed by atoms with Crippen molar-refractivity contribution in [2.24, 2.45) is 0 Å². The number of aryl methyl sites for hydroxylation is 1. The molecule has 0 heterocycles. The van der Waals surface area contributed by atoms with E-state index in [1.807, 2.05) is 19.1 Å². The molecule has 0 aliphatic heterocycles. The molecule has 1 unspecified atom stereocenters. The van der Waals surface area contributed by atoms with Crippen LogP contribution in [0.3, 0.4) is 0 Å². The van der Waals surface area contributed by atoms with Crippen LogP contribution in [0.4, 0.5) is 5.69 Å². The molecule has 2 aromatic carbocycles. The van der Waals surface area contributed by atoms with E-state index in [2.05, 4.69) is 5.32 Å². The van der Waals surface area contributed by atoms with Gasteiger partial charge < -0.3 is 9.87 Å². The first-order valence-electron chi connectivity index (χ1n) is 5.63. The van der Waals surface area contributed by atoms with Crippen molar-refractivity contribution in [1.29, 1.82) is 0 Å². The predicted octanol–water partition coefficient (Wildman–Crippen LogP) is 2.49. The lowest BCUT2D eigenvalue weighted by molar-refractivity contribution is 0.102. The molecule has 2 aromatic rings. The molecule has 0 aliphatic rings. The van der Waals surface area contributed by atoms with Gasteiger partial charge in [-0.15, -0.1) is 0 Å². The fraction of sp³-hybridized carbons (Fsp3) is 0.0714. The number of benzene rings is 2. The average molecular weight is 274 g/mol. The molecule has 0 saturated heterocycles. The number of carbonyl (C=O) groups is 1. The standard InChI is InChI=1S/C14H13NO3S/c1-10-2-4-11(5-3-10)14(16)15-12-6-8-13(9-7-12)19(17)18/h2-9H,1H3,(H,15,16)(H,17,18)/p-1. The maximum atomic E-state index is 11.9. The van der Waals surface area contributed by atoms with E-state index >= 15 is 0 Å². The van der Waals surface area contributed by atoms with E-state index in [1.165, 1.54) is 12.1 Å². The van der Waals surface area contributed by atoms with Crippen LogP contribution < -0.4 is 5.32 Å². The molecule has 0 fully saturated rings. The predicted molar refractivity (Wildman–Crippen MR) is 72.8 cm³/mol. The largest absolute Gasteiger partial charge is 0.768 e. The highest BCUT2D eigenvalue weighted by Gasteiger charge is 2.05. The molecule has 1 atom stereocenters. The van der Waals surface area contributed by atoms with E-state index in [4.69, 9.17) is 0 Å². The molecule has 98 valence electrons. The first-order chi connectivity index (χ1) is 9.06. The lowest BCUT2D eigenvalue weighted by atomic mass is 10.1. The minimum Gasteiger partial charge on any atom is -0.768 e. The summed E-state index contributed by atoms with van der Waals surface area (Å²) in [6.45, 7) is 1.95. The van der Waals surface area contributed by atoms with Gasteiger partial charge in [0.1, 0.15) is 0 Å². The van der Waals surface area contributed by atoms with Crippen LogP contribution in [0, 0.1) is 6.92 Å². The maximum absolute atomic E-state index is 11.9. The van der Waals surface area contributed by atoms with E-state index in [9.17, 15) is 13.6 Å².